The van der Waals surface area contributed by atoms with Crippen LogP contribution in [0.3, 0.4) is 0 Å². The number of nitrogens with two attached hydrogens (primary N) is 1. The van der Waals surface area contributed by atoms with Gasteiger partial charge < -0.3 is 5.73 Å². The molecule has 0 bridgehead atoms. The molecule has 0 aliphatic heterocycles. The van der Waals surface area contributed by atoms with Crippen molar-refractivity contribution >= 4 is 11.8 Å². The highest BCUT2D eigenvalue weighted by Crippen LogP contribution is 2.13. The van der Waals surface area contributed by atoms with Crippen molar-refractivity contribution in [2.45, 2.75) is 44.9 Å². The van der Waals surface area contributed by atoms with Gasteiger partial charge in [-0.3, -0.25) is 4.68 Å². The van der Waals surface area contributed by atoms with Crippen LogP contribution in [-0.4, -0.2) is 26.8 Å². The molecule has 0 aliphatic rings. The molecule has 1 heterocycles. The van der Waals surface area contributed by atoms with E-state index in [-0.39, 0.29) is 6.04 Å². The number of hydrogen-bond acceptors (Lipinski definition) is 3. The normalized spacial score (nSPS) is 13.4. The van der Waals surface area contributed by atoms with Crippen LogP contribution in [0.15, 0.2) is 6.07 Å². The largest absolute Gasteiger partial charge is 0.327 e. The summed E-state index contributed by atoms with van der Waals surface area (Å²) in [5, 5.41) is 5.09. The molecule has 3 nitrogen and oxygen atoms in total. The number of aryl methyl sites for hydroxylation is 2. The van der Waals surface area contributed by atoms with Crippen LogP contribution >= 0.6 is 11.8 Å². The number of rotatable bonds is 6. The Bertz CT molecular complexity index is 320. The minimum Gasteiger partial charge on any atom is -0.327 e. The van der Waals surface area contributed by atoms with Crippen molar-refractivity contribution in [1.82, 2.24) is 9.78 Å². The van der Waals surface area contributed by atoms with Crippen LogP contribution in [0.2, 0.25) is 0 Å². The fraction of sp³-hybridized carbons (Fsp3) is 0.750. The van der Waals surface area contributed by atoms with E-state index in [1.54, 1.807) is 0 Å². The van der Waals surface area contributed by atoms with E-state index in [1.165, 1.54) is 5.69 Å². The molecule has 1 rings (SSSR count). The molecule has 92 valence electrons. The zero-order chi connectivity index (χ0) is 12.1. The SMILES string of the molecule is CCc1cc(CC(N)CSC(C)C)n(C)n1. The van der Waals surface area contributed by atoms with Gasteiger partial charge in [0.25, 0.3) is 0 Å². The summed E-state index contributed by atoms with van der Waals surface area (Å²) < 4.78 is 1.96. The number of aromatic nitrogens is 2. The summed E-state index contributed by atoms with van der Waals surface area (Å²) in [6, 6.07) is 2.40. The maximum Gasteiger partial charge on any atom is 0.0624 e. The minimum absolute atomic E-state index is 0.229. The van der Waals surface area contributed by atoms with E-state index in [4.69, 9.17) is 5.73 Å². The molecule has 0 aromatic carbocycles. The van der Waals surface area contributed by atoms with Crippen molar-refractivity contribution in [3.8, 4) is 0 Å². The lowest BCUT2D eigenvalue weighted by Crippen LogP contribution is -2.27. The molecule has 2 N–H and O–H groups in total. The van der Waals surface area contributed by atoms with Crippen molar-refractivity contribution in [3.63, 3.8) is 0 Å². The van der Waals surface area contributed by atoms with E-state index in [2.05, 4.69) is 31.9 Å². The quantitative estimate of drug-likeness (QED) is 0.828. The zero-order valence-corrected chi connectivity index (χ0v) is 11.5. The zero-order valence-electron chi connectivity index (χ0n) is 10.7. The smallest absolute Gasteiger partial charge is 0.0624 e. The van der Waals surface area contributed by atoms with Crippen LogP contribution in [0.4, 0.5) is 0 Å². The Morgan fingerprint density at radius 2 is 2.19 bits per heavy atom. The first-order valence-electron chi connectivity index (χ1n) is 5.91. The Morgan fingerprint density at radius 1 is 1.50 bits per heavy atom. The van der Waals surface area contributed by atoms with Gasteiger partial charge in [0, 0.05) is 31.0 Å². The Hall–Kier alpha value is -0.480. The second-order valence-corrected chi connectivity index (χ2v) is 6.06. The summed E-state index contributed by atoms with van der Waals surface area (Å²) in [4.78, 5) is 0. The molecule has 1 atom stereocenters. The topological polar surface area (TPSA) is 43.8 Å². The average Bonchev–Trinajstić information content (AvgIpc) is 2.57. The fourth-order valence-corrected chi connectivity index (χ4v) is 2.33. The van der Waals surface area contributed by atoms with Crippen LogP contribution in [0.25, 0.3) is 0 Å². The highest BCUT2D eigenvalue weighted by molar-refractivity contribution is 7.99. The molecule has 0 amide bonds. The van der Waals surface area contributed by atoms with E-state index in [0.29, 0.717) is 5.25 Å². The van der Waals surface area contributed by atoms with E-state index < -0.39 is 0 Å². The van der Waals surface area contributed by atoms with E-state index >= 15 is 0 Å². The van der Waals surface area contributed by atoms with Gasteiger partial charge in [-0.2, -0.15) is 16.9 Å². The summed E-state index contributed by atoms with van der Waals surface area (Å²) in [6.07, 6.45) is 1.91. The average molecular weight is 241 g/mol. The Labute approximate surface area is 103 Å². The summed E-state index contributed by atoms with van der Waals surface area (Å²) in [5.74, 6) is 1.02. The van der Waals surface area contributed by atoms with Gasteiger partial charge in [0.1, 0.15) is 0 Å². The van der Waals surface area contributed by atoms with Gasteiger partial charge in [-0.1, -0.05) is 20.8 Å². The van der Waals surface area contributed by atoms with Crippen molar-refractivity contribution in [1.29, 1.82) is 0 Å². The van der Waals surface area contributed by atoms with E-state index in [0.717, 1.165) is 24.3 Å². The van der Waals surface area contributed by atoms with Gasteiger partial charge in [0.05, 0.1) is 5.69 Å². The molecule has 16 heavy (non-hydrogen) atoms. The first-order chi connectivity index (χ1) is 7.52. The molecule has 0 radical (unpaired) electrons. The number of nitrogens with zero attached hydrogens (tertiary/aromatic N) is 2. The van der Waals surface area contributed by atoms with Crippen LogP contribution in [0.5, 0.6) is 0 Å². The maximum atomic E-state index is 6.11. The van der Waals surface area contributed by atoms with Crippen LogP contribution in [-0.2, 0) is 19.9 Å². The molecule has 0 saturated heterocycles. The van der Waals surface area contributed by atoms with Crippen molar-refractivity contribution in [2.24, 2.45) is 12.8 Å². The van der Waals surface area contributed by atoms with Crippen LogP contribution in [0, 0.1) is 0 Å². The standard InChI is InChI=1S/C12H23N3S/c1-5-11-7-12(15(4)14-11)6-10(13)8-16-9(2)3/h7,9-10H,5-6,8,13H2,1-4H3. The van der Waals surface area contributed by atoms with Gasteiger partial charge in [0.2, 0.25) is 0 Å². The lowest BCUT2D eigenvalue weighted by Gasteiger charge is -2.12. The third kappa shape index (κ3) is 4.18. The van der Waals surface area contributed by atoms with Crippen LogP contribution < -0.4 is 5.73 Å². The Balaban J connectivity index is 2.48. The monoisotopic (exact) mass is 241 g/mol. The Kier molecular flexibility index (Phi) is 5.35. The van der Waals surface area contributed by atoms with E-state index in [1.807, 2.05) is 23.5 Å². The van der Waals surface area contributed by atoms with Crippen molar-refractivity contribution in [2.75, 3.05) is 5.75 Å². The molecule has 0 aliphatic carbocycles. The molecule has 1 unspecified atom stereocenters. The molecular weight excluding hydrogens is 218 g/mol. The summed E-state index contributed by atoms with van der Waals surface area (Å²) in [5.41, 5.74) is 8.51. The third-order valence-electron chi connectivity index (χ3n) is 2.50. The molecule has 0 saturated carbocycles. The van der Waals surface area contributed by atoms with Gasteiger partial charge in [0.15, 0.2) is 0 Å². The predicted molar refractivity (Wildman–Crippen MR) is 71.9 cm³/mol. The molecule has 1 aromatic heterocycles. The van der Waals surface area contributed by atoms with Gasteiger partial charge in [-0.25, -0.2) is 0 Å². The first kappa shape index (κ1) is 13.6. The molecular formula is C12H23N3S. The number of thioether (sulfide) groups is 1. The summed E-state index contributed by atoms with van der Waals surface area (Å²) in [6.45, 7) is 6.54. The lowest BCUT2D eigenvalue weighted by atomic mass is 10.2. The van der Waals surface area contributed by atoms with Gasteiger partial charge in [-0.15, -0.1) is 0 Å². The molecule has 0 spiro atoms. The molecule has 0 fully saturated rings. The van der Waals surface area contributed by atoms with Crippen molar-refractivity contribution in [3.05, 3.63) is 17.5 Å². The van der Waals surface area contributed by atoms with Gasteiger partial charge in [-0.05, 0) is 17.7 Å². The second-order valence-electron chi connectivity index (χ2n) is 4.45. The fourth-order valence-electron chi connectivity index (χ4n) is 1.58. The van der Waals surface area contributed by atoms with Crippen molar-refractivity contribution < 1.29 is 0 Å². The summed E-state index contributed by atoms with van der Waals surface area (Å²) in [7, 11) is 2.00. The lowest BCUT2D eigenvalue weighted by molar-refractivity contribution is 0.650. The minimum atomic E-state index is 0.229. The maximum absolute atomic E-state index is 6.11. The second kappa shape index (κ2) is 6.30. The highest BCUT2D eigenvalue weighted by atomic mass is 32.2. The highest BCUT2D eigenvalue weighted by Gasteiger charge is 2.10. The number of hydrogen-bond donors (Lipinski definition) is 1. The van der Waals surface area contributed by atoms with Gasteiger partial charge >= 0.3 is 0 Å². The third-order valence-corrected chi connectivity index (χ3v) is 3.79. The molecule has 4 heteroatoms. The summed E-state index contributed by atoms with van der Waals surface area (Å²) >= 11 is 1.92. The predicted octanol–water partition coefficient (Wildman–Crippen LogP) is 1.99. The molecule has 1 aromatic rings. The van der Waals surface area contributed by atoms with E-state index in [9.17, 15) is 0 Å². The Morgan fingerprint density at radius 3 is 2.69 bits per heavy atom. The first-order valence-corrected chi connectivity index (χ1v) is 6.96. The van der Waals surface area contributed by atoms with Crippen LogP contribution in [0.1, 0.15) is 32.2 Å².